The molecule has 2 amide bonds. The lowest BCUT2D eigenvalue weighted by Gasteiger charge is -2.12. The van der Waals surface area contributed by atoms with E-state index in [0.717, 1.165) is 16.7 Å². The summed E-state index contributed by atoms with van der Waals surface area (Å²) in [6.07, 6.45) is 0.332. The molecule has 25 heavy (non-hydrogen) atoms. The second-order valence-electron chi connectivity index (χ2n) is 5.68. The molecule has 0 aliphatic carbocycles. The lowest BCUT2D eigenvalue weighted by Crippen LogP contribution is -2.24. The van der Waals surface area contributed by atoms with Crippen LogP contribution < -0.4 is 20.5 Å². The van der Waals surface area contributed by atoms with E-state index in [4.69, 9.17) is 15.2 Å². The van der Waals surface area contributed by atoms with Crippen molar-refractivity contribution in [1.82, 2.24) is 5.32 Å². The van der Waals surface area contributed by atoms with Gasteiger partial charge in [0.2, 0.25) is 5.91 Å². The van der Waals surface area contributed by atoms with E-state index in [1.54, 1.807) is 18.2 Å². The van der Waals surface area contributed by atoms with Crippen molar-refractivity contribution < 1.29 is 19.1 Å². The molecule has 0 aliphatic heterocycles. The Morgan fingerprint density at radius 3 is 2.56 bits per heavy atom. The van der Waals surface area contributed by atoms with Crippen LogP contribution in [0.4, 0.5) is 0 Å². The van der Waals surface area contributed by atoms with E-state index in [-0.39, 0.29) is 12.5 Å². The lowest BCUT2D eigenvalue weighted by atomic mass is 10.1. The largest absolute Gasteiger partial charge is 0.493 e. The summed E-state index contributed by atoms with van der Waals surface area (Å²) in [5.74, 6) is 0.288. The number of carbonyl (C=O) groups excluding carboxylic acids is 2. The first kappa shape index (κ1) is 18.3. The van der Waals surface area contributed by atoms with Crippen LogP contribution in [0.1, 0.15) is 16.7 Å². The van der Waals surface area contributed by atoms with Gasteiger partial charge < -0.3 is 20.5 Å². The molecule has 0 bridgehead atoms. The second-order valence-corrected chi connectivity index (χ2v) is 5.68. The number of ether oxygens (including phenoxy) is 2. The van der Waals surface area contributed by atoms with Crippen LogP contribution in [0.25, 0.3) is 0 Å². The van der Waals surface area contributed by atoms with Gasteiger partial charge in [-0.1, -0.05) is 35.9 Å². The molecule has 2 aromatic carbocycles. The third kappa shape index (κ3) is 5.84. The maximum atomic E-state index is 12.1. The monoisotopic (exact) mass is 342 g/mol. The standard InChI is InChI=1S/C19H22N2O4/c1-13-4-3-5-14(8-13)10-19(23)21-11-15-6-7-16(17(9-15)24-2)25-12-18(20)22/h3-9H,10-12H2,1-2H3,(H2,20,22)(H,21,23). The quantitative estimate of drug-likeness (QED) is 0.764. The first-order valence-corrected chi connectivity index (χ1v) is 7.88. The summed E-state index contributed by atoms with van der Waals surface area (Å²) < 4.78 is 10.5. The van der Waals surface area contributed by atoms with E-state index >= 15 is 0 Å². The van der Waals surface area contributed by atoms with Crippen molar-refractivity contribution >= 4 is 11.8 Å². The van der Waals surface area contributed by atoms with Gasteiger partial charge in [-0.05, 0) is 30.2 Å². The van der Waals surface area contributed by atoms with E-state index < -0.39 is 5.91 Å². The number of carbonyl (C=O) groups is 2. The molecule has 0 spiro atoms. The average molecular weight is 342 g/mol. The summed E-state index contributed by atoms with van der Waals surface area (Å²) in [5, 5.41) is 2.88. The Labute approximate surface area is 146 Å². The minimum atomic E-state index is -0.561. The fourth-order valence-corrected chi connectivity index (χ4v) is 2.36. The molecular weight excluding hydrogens is 320 g/mol. The van der Waals surface area contributed by atoms with E-state index in [0.29, 0.717) is 24.5 Å². The highest BCUT2D eigenvalue weighted by Gasteiger charge is 2.09. The highest BCUT2D eigenvalue weighted by atomic mass is 16.5. The molecule has 0 aliphatic rings. The van der Waals surface area contributed by atoms with E-state index in [9.17, 15) is 9.59 Å². The Hall–Kier alpha value is -3.02. The van der Waals surface area contributed by atoms with E-state index in [1.165, 1.54) is 7.11 Å². The predicted octanol–water partition coefficient (Wildman–Crippen LogP) is 1.73. The van der Waals surface area contributed by atoms with Crippen LogP contribution in [0.15, 0.2) is 42.5 Å². The number of hydrogen-bond acceptors (Lipinski definition) is 4. The number of amides is 2. The van der Waals surface area contributed by atoms with Gasteiger partial charge in [-0.2, -0.15) is 0 Å². The van der Waals surface area contributed by atoms with Crippen molar-refractivity contribution in [3.05, 3.63) is 59.2 Å². The topological polar surface area (TPSA) is 90.7 Å². The number of hydrogen-bond donors (Lipinski definition) is 2. The third-order valence-electron chi connectivity index (χ3n) is 3.53. The number of aryl methyl sites for hydroxylation is 1. The van der Waals surface area contributed by atoms with Crippen molar-refractivity contribution in [2.45, 2.75) is 19.9 Å². The number of benzene rings is 2. The van der Waals surface area contributed by atoms with Crippen molar-refractivity contribution in [2.75, 3.05) is 13.7 Å². The summed E-state index contributed by atoms with van der Waals surface area (Å²) in [4.78, 5) is 22.9. The van der Waals surface area contributed by atoms with Crippen LogP contribution in [0.5, 0.6) is 11.5 Å². The van der Waals surface area contributed by atoms with Crippen LogP contribution in [-0.4, -0.2) is 25.5 Å². The Balaban J connectivity index is 1.93. The molecule has 0 saturated carbocycles. The Morgan fingerprint density at radius 1 is 1.08 bits per heavy atom. The Bertz CT molecular complexity index is 759. The van der Waals surface area contributed by atoms with Gasteiger partial charge in [-0.15, -0.1) is 0 Å². The molecule has 0 atom stereocenters. The average Bonchev–Trinajstić information content (AvgIpc) is 2.58. The van der Waals surface area contributed by atoms with Crippen LogP contribution in [0.3, 0.4) is 0 Å². The fraction of sp³-hybridized carbons (Fsp3) is 0.263. The summed E-state index contributed by atoms with van der Waals surface area (Å²) in [5.41, 5.74) is 8.03. The van der Waals surface area contributed by atoms with Gasteiger partial charge in [0, 0.05) is 6.54 Å². The molecule has 0 unspecified atom stereocenters. The van der Waals surface area contributed by atoms with Gasteiger partial charge in [0.05, 0.1) is 13.5 Å². The molecule has 0 aromatic heterocycles. The minimum Gasteiger partial charge on any atom is -0.493 e. The minimum absolute atomic E-state index is 0.0568. The molecule has 2 rings (SSSR count). The molecular formula is C19H22N2O4. The van der Waals surface area contributed by atoms with Gasteiger partial charge in [-0.25, -0.2) is 0 Å². The molecule has 2 aromatic rings. The van der Waals surface area contributed by atoms with E-state index in [1.807, 2.05) is 31.2 Å². The number of nitrogens with two attached hydrogens (primary N) is 1. The Kier molecular flexibility index (Phi) is 6.39. The SMILES string of the molecule is COc1cc(CNC(=O)Cc2cccc(C)c2)ccc1OCC(N)=O. The molecule has 6 nitrogen and oxygen atoms in total. The lowest BCUT2D eigenvalue weighted by molar-refractivity contribution is -0.121. The molecule has 0 radical (unpaired) electrons. The predicted molar refractivity (Wildman–Crippen MR) is 94.4 cm³/mol. The third-order valence-corrected chi connectivity index (χ3v) is 3.53. The normalized spacial score (nSPS) is 10.2. The molecule has 6 heteroatoms. The first-order chi connectivity index (χ1) is 12.0. The summed E-state index contributed by atoms with van der Waals surface area (Å²) in [6, 6.07) is 13.1. The van der Waals surface area contributed by atoms with Gasteiger partial charge >= 0.3 is 0 Å². The zero-order valence-electron chi connectivity index (χ0n) is 14.4. The van der Waals surface area contributed by atoms with Gasteiger partial charge in [0.15, 0.2) is 18.1 Å². The van der Waals surface area contributed by atoms with Crippen LogP contribution in [0, 0.1) is 6.92 Å². The van der Waals surface area contributed by atoms with E-state index in [2.05, 4.69) is 5.32 Å². The Morgan fingerprint density at radius 2 is 1.88 bits per heavy atom. The fourth-order valence-electron chi connectivity index (χ4n) is 2.36. The van der Waals surface area contributed by atoms with Gasteiger partial charge in [-0.3, -0.25) is 9.59 Å². The summed E-state index contributed by atoms with van der Waals surface area (Å²) >= 11 is 0. The number of nitrogens with one attached hydrogen (secondary N) is 1. The van der Waals surface area contributed by atoms with Gasteiger partial charge in [0.25, 0.3) is 5.91 Å². The van der Waals surface area contributed by atoms with Crippen molar-refractivity contribution in [1.29, 1.82) is 0 Å². The zero-order valence-corrected chi connectivity index (χ0v) is 14.4. The number of methoxy groups -OCH3 is 1. The summed E-state index contributed by atoms with van der Waals surface area (Å²) in [7, 11) is 1.51. The van der Waals surface area contributed by atoms with Crippen LogP contribution in [-0.2, 0) is 22.6 Å². The van der Waals surface area contributed by atoms with Crippen molar-refractivity contribution in [3.8, 4) is 11.5 Å². The second kappa shape index (κ2) is 8.73. The maximum absolute atomic E-state index is 12.1. The molecule has 132 valence electrons. The molecule has 0 saturated heterocycles. The van der Waals surface area contributed by atoms with Gasteiger partial charge in [0.1, 0.15) is 0 Å². The van der Waals surface area contributed by atoms with Crippen molar-refractivity contribution in [3.63, 3.8) is 0 Å². The molecule has 0 fully saturated rings. The smallest absolute Gasteiger partial charge is 0.255 e. The highest BCUT2D eigenvalue weighted by Crippen LogP contribution is 2.28. The zero-order chi connectivity index (χ0) is 18.2. The van der Waals surface area contributed by atoms with Crippen LogP contribution in [0.2, 0.25) is 0 Å². The summed E-state index contributed by atoms with van der Waals surface area (Å²) in [6.45, 7) is 2.15. The molecule has 3 N–H and O–H groups in total. The first-order valence-electron chi connectivity index (χ1n) is 7.88. The van der Waals surface area contributed by atoms with Crippen molar-refractivity contribution in [2.24, 2.45) is 5.73 Å². The maximum Gasteiger partial charge on any atom is 0.255 e. The highest BCUT2D eigenvalue weighted by molar-refractivity contribution is 5.78. The van der Waals surface area contributed by atoms with Crippen LogP contribution >= 0.6 is 0 Å². The number of primary amides is 1. The molecule has 0 heterocycles. The number of rotatable bonds is 8.